The lowest BCUT2D eigenvalue weighted by molar-refractivity contribution is -0.555. The number of nitro groups is 1. The van der Waals surface area contributed by atoms with Crippen molar-refractivity contribution in [2.45, 2.75) is 45.9 Å². The molecule has 0 saturated heterocycles. The number of allylic oxidation sites excluding steroid dienone is 3. The van der Waals surface area contributed by atoms with Crippen LogP contribution in [0.4, 0.5) is 5.69 Å². The predicted molar refractivity (Wildman–Crippen MR) is 115 cm³/mol. The van der Waals surface area contributed by atoms with Gasteiger partial charge in [0.25, 0.3) is 0 Å². The summed E-state index contributed by atoms with van der Waals surface area (Å²) in [5.74, 6) is -1.59. The van der Waals surface area contributed by atoms with Gasteiger partial charge in [-0.3, -0.25) is 10.1 Å². The van der Waals surface area contributed by atoms with E-state index in [9.17, 15) is 10.1 Å². The van der Waals surface area contributed by atoms with Gasteiger partial charge in [0.05, 0.1) is 4.92 Å². The zero-order valence-electron chi connectivity index (χ0n) is 16.8. The van der Waals surface area contributed by atoms with Crippen molar-refractivity contribution in [1.29, 1.82) is 0 Å². The Morgan fingerprint density at radius 1 is 1.04 bits per heavy atom. The van der Waals surface area contributed by atoms with Gasteiger partial charge in [0.15, 0.2) is 0 Å². The standard InChI is InChI=1S/C23H29N3O2/c1-19(2)11-10-12-20(3)17-23(26(27)28,25-22-15-8-5-9-16-22)24-18-21-13-6-4-7-14-21/h4-9,11,13-17,24-25H,10,12,18H2,1-3H3/b20-17+. The number of hydrogen-bond acceptors (Lipinski definition) is 4. The van der Waals surface area contributed by atoms with Gasteiger partial charge in [-0.05, 0) is 51.3 Å². The first-order valence-electron chi connectivity index (χ1n) is 9.50. The van der Waals surface area contributed by atoms with E-state index < -0.39 is 5.79 Å². The Balaban J connectivity index is 2.30. The van der Waals surface area contributed by atoms with Gasteiger partial charge in [-0.15, -0.1) is 0 Å². The second-order valence-corrected chi connectivity index (χ2v) is 7.16. The minimum absolute atomic E-state index is 0.298. The highest BCUT2D eigenvalue weighted by Gasteiger charge is 2.40. The van der Waals surface area contributed by atoms with Gasteiger partial charge in [-0.2, -0.15) is 0 Å². The second kappa shape index (κ2) is 10.4. The number of rotatable bonds is 10. The fourth-order valence-corrected chi connectivity index (χ4v) is 2.89. The van der Waals surface area contributed by atoms with Crippen LogP contribution in [0, 0.1) is 10.1 Å². The molecule has 0 radical (unpaired) electrons. The number of nitrogens with one attached hydrogen (secondary N) is 2. The Morgan fingerprint density at radius 3 is 2.21 bits per heavy atom. The third kappa shape index (κ3) is 6.67. The molecule has 0 aliphatic heterocycles. The molecule has 0 aromatic heterocycles. The Bertz CT molecular complexity index is 812. The van der Waals surface area contributed by atoms with Crippen LogP contribution >= 0.6 is 0 Å². The number of hydrogen-bond donors (Lipinski definition) is 2. The molecule has 5 nitrogen and oxygen atoms in total. The summed E-state index contributed by atoms with van der Waals surface area (Å²) < 4.78 is 0. The van der Waals surface area contributed by atoms with E-state index in [0.717, 1.165) is 24.0 Å². The summed E-state index contributed by atoms with van der Waals surface area (Å²) in [5, 5.41) is 18.4. The molecule has 2 rings (SSSR count). The molecule has 148 valence electrons. The molecule has 28 heavy (non-hydrogen) atoms. The first-order chi connectivity index (χ1) is 13.4. The molecule has 0 aliphatic carbocycles. The van der Waals surface area contributed by atoms with Gasteiger partial charge >= 0.3 is 5.79 Å². The van der Waals surface area contributed by atoms with Crippen molar-refractivity contribution in [3.8, 4) is 0 Å². The summed E-state index contributed by atoms with van der Waals surface area (Å²) in [7, 11) is 0. The van der Waals surface area contributed by atoms with Gasteiger partial charge in [0.1, 0.15) is 0 Å². The summed E-state index contributed by atoms with van der Waals surface area (Å²) in [5.41, 5.74) is 3.88. The van der Waals surface area contributed by atoms with Crippen molar-refractivity contribution in [2.75, 3.05) is 5.32 Å². The average Bonchev–Trinajstić information content (AvgIpc) is 2.67. The van der Waals surface area contributed by atoms with Crippen LogP contribution in [-0.2, 0) is 6.54 Å². The molecular weight excluding hydrogens is 350 g/mol. The van der Waals surface area contributed by atoms with E-state index >= 15 is 0 Å². The molecule has 1 atom stereocenters. The minimum Gasteiger partial charge on any atom is -0.304 e. The molecule has 0 fully saturated rings. The lowest BCUT2D eigenvalue weighted by Crippen LogP contribution is -2.56. The molecule has 1 unspecified atom stereocenters. The highest BCUT2D eigenvalue weighted by atomic mass is 16.6. The van der Waals surface area contributed by atoms with Crippen molar-refractivity contribution < 1.29 is 4.92 Å². The molecule has 0 heterocycles. The number of anilines is 1. The monoisotopic (exact) mass is 379 g/mol. The molecule has 0 bridgehead atoms. The summed E-state index contributed by atoms with van der Waals surface area (Å²) in [4.78, 5) is 11.9. The third-order valence-corrected chi connectivity index (χ3v) is 4.35. The minimum atomic E-state index is -1.59. The molecule has 0 spiro atoms. The van der Waals surface area contributed by atoms with Crippen molar-refractivity contribution >= 4 is 5.69 Å². The highest BCUT2D eigenvalue weighted by Crippen LogP contribution is 2.20. The van der Waals surface area contributed by atoms with Gasteiger partial charge in [-0.1, -0.05) is 65.8 Å². The molecule has 2 aromatic rings. The van der Waals surface area contributed by atoms with E-state index in [0.29, 0.717) is 12.2 Å². The topological polar surface area (TPSA) is 67.2 Å². The first-order valence-corrected chi connectivity index (χ1v) is 9.50. The van der Waals surface area contributed by atoms with Gasteiger partial charge in [-0.25, -0.2) is 5.32 Å². The van der Waals surface area contributed by atoms with E-state index in [1.54, 1.807) is 6.08 Å². The molecule has 5 heteroatoms. The van der Waals surface area contributed by atoms with Crippen LogP contribution in [0.3, 0.4) is 0 Å². The van der Waals surface area contributed by atoms with Crippen molar-refractivity contribution in [1.82, 2.24) is 5.32 Å². The van der Waals surface area contributed by atoms with E-state index in [1.807, 2.05) is 67.6 Å². The summed E-state index contributed by atoms with van der Waals surface area (Å²) in [6.45, 7) is 6.42. The molecule has 0 amide bonds. The SMILES string of the molecule is CC(C)=CCC/C(C)=C/C(NCc1ccccc1)(Nc1ccccc1)[N+](=O)[O-]. The zero-order valence-corrected chi connectivity index (χ0v) is 16.8. The summed E-state index contributed by atoms with van der Waals surface area (Å²) >= 11 is 0. The van der Waals surface area contributed by atoms with Crippen molar-refractivity contribution in [3.63, 3.8) is 0 Å². The Labute approximate surface area is 167 Å². The lowest BCUT2D eigenvalue weighted by atomic mass is 10.1. The van der Waals surface area contributed by atoms with Crippen LogP contribution in [0.2, 0.25) is 0 Å². The summed E-state index contributed by atoms with van der Waals surface area (Å²) in [6, 6.07) is 18.9. The summed E-state index contributed by atoms with van der Waals surface area (Å²) in [6.07, 6.45) is 5.47. The highest BCUT2D eigenvalue weighted by molar-refractivity contribution is 5.45. The molecule has 2 N–H and O–H groups in total. The van der Waals surface area contributed by atoms with Gasteiger partial charge < -0.3 is 5.32 Å². The number of para-hydroxylation sites is 1. The van der Waals surface area contributed by atoms with Crippen LogP contribution in [0.15, 0.2) is 84.0 Å². The quantitative estimate of drug-likeness (QED) is 0.247. The second-order valence-electron chi connectivity index (χ2n) is 7.16. The maximum Gasteiger partial charge on any atom is 0.373 e. The molecule has 0 aliphatic rings. The number of nitrogens with zero attached hydrogens (tertiary/aromatic N) is 1. The van der Waals surface area contributed by atoms with Crippen LogP contribution in [-0.4, -0.2) is 10.7 Å². The van der Waals surface area contributed by atoms with E-state index in [-0.39, 0.29) is 4.92 Å². The zero-order chi connectivity index (χ0) is 20.4. The lowest BCUT2D eigenvalue weighted by Gasteiger charge is -2.26. The fraction of sp³-hybridized carbons (Fsp3) is 0.304. The predicted octanol–water partition coefficient (Wildman–Crippen LogP) is 5.51. The van der Waals surface area contributed by atoms with Crippen LogP contribution < -0.4 is 10.6 Å². The van der Waals surface area contributed by atoms with E-state index in [2.05, 4.69) is 30.6 Å². The normalized spacial score (nSPS) is 13.5. The molecule has 2 aromatic carbocycles. The maximum absolute atomic E-state index is 12.2. The first kappa shape index (κ1) is 21.4. The Morgan fingerprint density at radius 2 is 1.64 bits per heavy atom. The maximum atomic E-state index is 12.2. The largest absolute Gasteiger partial charge is 0.373 e. The van der Waals surface area contributed by atoms with Crippen LogP contribution in [0.5, 0.6) is 0 Å². The van der Waals surface area contributed by atoms with Crippen LogP contribution in [0.25, 0.3) is 0 Å². The van der Waals surface area contributed by atoms with Gasteiger partial charge in [0.2, 0.25) is 0 Å². The Hall–Kier alpha value is -2.92. The van der Waals surface area contributed by atoms with Gasteiger partial charge in [0, 0.05) is 18.3 Å². The smallest absolute Gasteiger partial charge is 0.304 e. The average molecular weight is 380 g/mol. The fourth-order valence-electron chi connectivity index (χ4n) is 2.89. The van der Waals surface area contributed by atoms with Crippen LogP contribution in [0.1, 0.15) is 39.2 Å². The Kier molecular flexibility index (Phi) is 7.96. The molecule has 0 saturated carbocycles. The third-order valence-electron chi connectivity index (χ3n) is 4.35. The number of benzene rings is 2. The molecular formula is C23H29N3O2. The van der Waals surface area contributed by atoms with E-state index in [1.165, 1.54) is 5.57 Å². The van der Waals surface area contributed by atoms with Crippen molar-refractivity contribution in [2.24, 2.45) is 0 Å². The van der Waals surface area contributed by atoms with E-state index in [4.69, 9.17) is 0 Å². The van der Waals surface area contributed by atoms with Crippen molar-refractivity contribution in [3.05, 3.63) is 99.6 Å².